The number of rotatable bonds is 10. The van der Waals surface area contributed by atoms with Crippen molar-refractivity contribution in [3.05, 3.63) is 35.9 Å². The molecule has 1 rings (SSSR count). The number of ether oxygens (including phenoxy) is 4. The van der Waals surface area contributed by atoms with Crippen molar-refractivity contribution in [2.75, 3.05) is 20.3 Å². The maximum absolute atomic E-state index is 13.6. The van der Waals surface area contributed by atoms with Crippen molar-refractivity contribution in [3.63, 3.8) is 0 Å². The van der Waals surface area contributed by atoms with Gasteiger partial charge >= 0.3 is 24.0 Å². The number of alkyl carbamates (subject to hydrolysis) is 1. The van der Waals surface area contributed by atoms with Crippen LogP contribution in [0.4, 0.5) is 4.79 Å². The Labute approximate surface area is 192 Å². The predicted molar refractivity (Wildman–Crippen MR) is 116 cm³/mol. The minimum Gasteiger partial charge on any atom is -0.467 e. The number of carbonyl (C=O) groups is 5. The molecule has 1 N–H and O–H groups in total. The van der Waals surface area contributed by atoms with Gasteiger partial charge in [-0.3, -0.25) is 14.4 Å². The molecule has 0 bridgehead atoms. The zero-order valence-corrected chi connectivity index (χ0v) is 19.8. The van der Waals surface area contributed by atoms with E-state index < -0.39 is 53.3 Å². The zero-order chi connectivity index (χ0) is 25.2. The van der Waals surface area contributed by atoms with Crippen LogP contribution in [0.25, 0.3) is 0 Å². The molecule has 0 unspecified atom stereocenters. The number of ketones is 1. The molecule has 0 aromatic heterocycles. The molecular weight excluding hydrogens is 434 g/mol. The first-order valence-corrected chi connectivity index (χ1v) is 10.4. The molecular formula is C23H31NO9. The number of hydrogen-bond donors (Lipinski definition) is 1. The lowest BCUT2D eigenvalue weighted by Crippen LogP contribution is -2.55. The molecule has 1 atom stereocenters. The van der Waals surface area contributed by atoms with Gasteiger partial charge in [-0.1, -0.05) is 30.3 Å². The van der Waals surface area contributed by atoms with E-state index in [-0.39, 0.29) is 18.8 Å². The summed E-state index contributed by atoms with van der Waals surface area (Å²) in [6.07, 6.45) is -1.81. The van der Waals surface area contributed by atoms with Crippen LogP contribution in [0.2, 0.25) is 0 Å². The van der Waals surface area contributed by atoms with E-state index in [0.717, 1.165) is 7.11 Å². The first-order valence-electron chi connectivity index (χ1n) is 10.4. The molecule has 1 amide bonds. The van der Waals surface area contributed by atoms with Gasteiger partial charge in [-0.05, 0) is 34.6 Å². The van der Waals surface area contributed by atoms with Gasteiger partial charge in [0.2, 0.25) is 5.41 Å². The van der Waals surface area contributed by atoms with Gasteiger partial charge in [-0.2, -0.15) is 0 Å². The fourth-order valence-electron chi connectivity index (χ4n) is 2.96. The number of esters is 3. The fraction of sp³-hybridized carbons (Fsp3) is 0.522. The van der Waals surface area contributed by atoms with Crippen LogP contribution in [0, 0.1) is 5.41 Å². The number of nitrogens with one attached hydrogen (secondary N) is 1. The van der Waals surface area contributed by atoms with Crippen molar-refractivity contribution in [2.45, 2.75) is 52.7 Å². The van der Waals surface area contributed by atoms with Crippen LogP contribution >= 0.6 is 0 Å². The van der Waals surface area contributed by atoms with Crippen molar-refractivity contribution >= 4 is 29.8 Å². The Hall–Kier alpha value is -3.43. The molecule has 0 saturated heterocycles. The highest BCUT2D eigenvalue weighted by Crippen LogP contribution is 2.33. The third kappa shape index (κ3) is 7.30. The molecule has 0 radical (unpaired) electrons. The van der Waals surface area contributed by atoms with E-state index in [2.05, 4.69) is 5.32 Å². The third-order valence-electron chi connectivity index (χ3n) is 4.36. The highest BCUT2D eigenvalue weighted by molar-refractivity contribution is 6.25. The number of amides is 1. The van der Waals surface area contributed by atoms with E-state index in [0.29, 0.717) is 0 Å². The zero-order valence-electron chi connectivity index (χ0n) is 19.8. The summed E-state index contributed by atoms with van der Waals surface area (Å²) < 4.78 is 20.0. The molecule has 10 nitrogen and oxygen atoms in total. The Morgan fingerprint density at radius 2 is 1.42 bits per heavy atom. The van der Waals surface area contributed by atoms with Gasteiger partial charge in [0.15, 0.2) is 5.78 Å². The Morgan fingerprint density at radius 3 is 1.85 bits per heavy atom. The van der Waals surface area contributed by atoms with Gasteiger partial charge in [0, 0.05) is 12.0 Å². The lowest BCUT2D eigenvalue weighted by atomic mass is 9.75. The molecule has 0 spiro atoms. The summed E-state index contributed by atoms with van der Waals surface area (Å²) in [5.41, 5.74) is -3.47. The molecule has 33 heavy (non-hydrogen) atoms. The van der Waals surface area contributed by atoms with Crippen molar-refractivity contribution in [2.24, 2.45) is 5.41 Å². The Bertz CT molecular complexity index is 840. The van der Waals surface area contributed by atoms with Gasteiger partial charge in [-0.25, -0.2) is 9.59 Å². The maximum atomic E-state index is 13.6. The molecule has 182 valence electrons. The molecule has 0 heterocycles. The van der Waals surface area contributed by atoms with Gasteiger partial charge in [0.05, 0.1) is 20.3 Å². The molecule has 10 heteroatoms. The Morgan fingerprint density at radius 1 is 0.909 bits per heavy atom. The lowest BCUT2D eigenvalue weighted by Gasteiger charge is -2.31. The van der Waals surface area contributed by atoms with E-state index >= 15 is 0 Å². The van der Waals surface area contributed by atoms with Gasteiger partial charge in [0.25, 0.3) is 0 Å². The maximum Gasteiger partial charge on any atom is 0.408 e. The van der Waals surface area contributed by atoms with E-state index in [9.17, 15) is 24.0 Å². The molecule has 1 aromatic rings. The number of carbonyl (C=O) groups excluding carboxylic acids is 5. The first kappa shape index (κ1) is 27.6. The number of methoxy groups -OCH3 is 1. The molecule has 0 fully saturated rings. The quantitative estimate of drug-likeness (QED) is 0.239. The summed E-state index contributed by atoms with van der Waals surface area (Å²) in [6.45, 7) is 7.53. The highest BCUT2D eigenvalue weighted by atomic mass is 16.6. The molecule has 0 aliphatic carbocycles. The first-order chi connectivity index (χ1) is 15.4. The second-order valence-electron chi connectivity index (χ2n) is 7.97. The summed E-state index contributed by atoms with van der Waals surface area (Å²) >= 11 is 0. The average Bonchev–Trinajstić information content (AvgIpc) is 2.75. The smallest absolute Gasteiger partial charge is 0.408 e. The van der Waals surface area contributed by atoms with Crippen molar-refractivity contribution in [1.29, 1.82) is 0 Å². The van der Waals surface area contributed by atoms with E-state index in [1.54, 1.807) is 39.0 Å². The second kappa shape index (κ2) is 12.0. The number of hydrogen-bond acceptors (Lipinski definition) is 9. The molecule has 0 aliphatic heterocycles. The average molecular weight is 465 g/mol. The van der Waals surface area contributed by atoms with Crippen molar-refractivity contribution in [3.8, 4) is 0 Å². The summed E-state index contributed by atoms with van der Waals surface area (Å²) in [5, 5.41) is 2.28. The fourth-order valence-corrected chi connectivity index (χ4v) is 2.96. The summed E-state index contributed by atoms with van der Waals surface area (Å²) in [6, 6.07) is 5.95. The predicted octanol–water partition coefficient (Wildman–Crippen LogP) is 2.44. The van der Waals surface area contributed by atoms with Gasteiger partial charge < -0.3 is 24.3 Å². The highest BCUT2D eigenvalue weighted by Gasteiger charge is 2.58. The van der Waals surface area contributed by atoms with Crippen LogP contribution in [0.15, 0.2) is 30.3 Å². The molecule has 1 aromatic carbocycles. The van der Waals surface area contributed by atoms with Crippen LogP contribution in [-0.4, -0.2) is 61.8 Å². The third-order valence-corrected chi connectivity index (χ3v) is 4.36. The SMILES string of the molecule is CCOC(=O)C(C[C@H](NC(=O)OC(C)(C)C)C(=O)OC)(C(=O)OCC)C(=O)c1ccccc1. The Kier molecular flexibility index (Phi) is 10.0. The number of benzene rings is 1. The van der Waals surface area contributed by atoms with Crippen LogP contribution in [0.1, 0.15) is 51.4 Å². The largest absolute Gasteiger partial charge is 0.467 e. The van der Waals surface area contributed by atoms with Crippen molar-refractivity contribution in [1.82, 2.24) is 5.32 Å². The summed E-state index contributed by atoms with van der Waals surface area (Å²) in [7, 11) is 1.06. The minimum atomic E-state index is -2.58. The Balaban J connectivity index is 3.60. The second-order valence-corrected chi connectivity index (χ2v) is 7.97. The normalized spacial score (nSPS) is 12.2. The molecule has 0 aliphatic rings. The van der Waals surface area contributed by atoms with Crippen molar-refractivity contribution < 1.29 is 42.9 Å². The minimum absolute atomic E-state index is 0.0134. The number of Topliss-reactive ketones (excluding diaryl/α,β-unsaturated/α-hetero) is 1. The van der Waals surface area contributed by atoms with Crippen LogP contribution in [0.3, 0.4) is 0 Å². The van der Waals surface area contributed by atoms with E-state index in [1.807, 2.05) is 0 Å². The van der Waals surface area contributed by atoms with Crippen LogP contribution < -0.4 is 5.32 Å². The van der Waals surface area contributed by atoms with Gasteiger partial charge in [-0.15, -0.1) is 0 Å². The summed E-state index contributed by atoms with van der Waals surface area (Å²) in [5.74, 6) is -4.37. The topological polar surface area (TPSA) is 134 Å². The van der Waals surface area contributed by atoms with Crippen LogP contribution in [0.5, 0.6) is 0 Å². The van der Waals surface area contributed by atoms with E-state index in [4.69, 9.17) is 18.9 Å². The standard InChI is InChI=1S/C23H31NO9/c1-7-31-19(27)23(20(28)32-8-2,17(25)15-12-10-9-11-13-15)14-16(18(26)30-6)24-21(29)33-22(3,4)5/h9-13,16H,7-8,14H2,1-6H3,(H,24,29)/t16-/m0/s1. The van der Waals surface area contributed by atoms with E-state index in [1.165, 1.54) is 26.0 Å². The van der Waals surface area contributed by atoms with Crippen LogP contribution in [-0.2, 0) is 33.3 Å². The van der Waals surface area contributed by atoms with Gasteiger partial charge in [0.1, 0.15) is 11.6 Å². The monoisotopic (exact) mass is 465 g/mol. The lowest BCUT2D eigenvalue weighted by molar-refractivity contribution is -0.169. The summed E-state index contributed by atoms with van der Waals surface area (Å²) in [4.78, 5) is 64.6. The molecule has 0 saturated carbocycles.